The number of nitrogens with one attached hydrogen (secondary N) is 1. The number of aryl methyl sites for hydroxylation is 1. The van der Waals surface area contributed by atoms with Crippen molar-refractivity contribution < 1.29 is 14.3 Å². The molecule has 0 saturated carbocycles. The molecule has 0 aliphatic carbocycles. The zero-order chi connectivity index (χ0) is 21.5. The van der Waals surface area contributed by atoms with Crippen LogP contribution < -0.4 is 0 Å². The molecule has 0 radical (unpaired) electrons. The number of benzene rings is 2. The summed E-state index contributed by atoms with van der Waals surface area (Å²) >= 11 is 0. The van der Waals surface area contributed by atoms with Crippen LogP contribution >= 0.6 is 0 Å². The second-order valence-corrected chi connectivity index (χ2v) is 8.50. The number of carbonyl (C=O) groups excluding carboxylic acids is 2. The van der Waals surface area contributed by atoms with Crippen LogP contribution in [0.5, 0.6) is 0 Å². The average molecular weight is 418 g/mol. The van der Waals surface area contributed by atoms with Gasteiger partial charge in [-0.05, 0) is 30.5 Å². The molecule has 2 amide bonds. The van der Waals surface area contributed by atoms with E-state index in [1.54, 1.807) is 12.0 Å². The van der Waals surface area contributed by atoms with Crippen LogP contribution in [0, 0.1) is 6.92 Å². The number of rotatable bonds is 5. The van der Waals surface area contributed by atoms with Gasteiger partial charge in [0.05, 0.1) is 12.6 Å². The number of piperazine rings is 1. The van der Waals surface area contributed by atoms with E-state index in [0.29, 0.717) is 19.6 Å². The molecule has 1 aromatic heterocycles. The number of H-pyrrole nitrogens is 1. The Morgan fingerprint density at radius 2 is 1.87 bits per heavy atom. The highest BCUT2D eigenvalue weighted by Gasteiger charge is 2.47. The van der Waals surface area contributed by atoms with Crippen molar-refractivity contribution in [3.05, 3.63) is 70.9 Å². The van der Waals surface area contributed by atoms with E-state index in [4.69, 9.17) is 4.74 Å². The number of aromatic nitrogens is 1. The lowest BCUT2D eigenvalue weighted by Gasteiger charge is -2.47. The third kappa shape index (κ3) is 3.31. The van der Waals surface area contributed by atoms with Gasteiger partial charge in [0.1, 0.15) is 6.04 Å². The average Bonchev–Trinajstić information content (AvgIpc) is 3.15. The number of nitrogens with zero attached hydrogens (tertiary/aromatic N) is 2. The van der Waals surface area contributed by atoms with Crippen LogP contribution in [-0.4, -0.2) is 59.4 Å². The lowest BCUT2D eigenvalue weighted by molar-refractivity contribution is -0.158. The van der Waals surface area contributed by atoms with Crippen molar-refractivity contribution >= 4 is 22.7 Å². The van der Waals surface area contributed by atoms with Gasteiger partial charge in [0, 0.05) is 43.3 Å². The minimum Gasteiger partial charge on any atom is -0.385 e. The quantitative estimate of drug-likeness (QED) is 0.649. The standard InChI is InChI=1S/C25H27N3O3/c1-16-8-10-17(11-9-16)24-23-19(18-6-3-4-7-20(18)26-23)14-21-25(30)27(12-5-13-31-2)15-22(29)28(21)24/h3-4,6-11,21,24,26H,5,12-15H2,1-2H3. The highest BCUT2D eigenvalue weighted by molar-refractivity contribution is 5.97. The minimum atomic E-state index is -0.484. The number of amides is 2. The first-order valence-corrected chi connectivity index (χ1v) is 10.8. The smallest absolute Gasteiger partial charge is 0.246 e. The molecule has 3 heterocycles. The molecule has 1 saturated heterocycles. The van der Waals surface area contributed by atoms with Crippen LogP contribution in [0.1, 0.15) is 34.8 Å². The minimum absolute atomic E-state index is 0.00287. The summed E-state index contributed by atoms with van der Waals surface area (Å²) in [5.41, 5.74) is 5.40. The predicted octanol–water partition coefficient (Wildman–Crippen LogP) is 3.20. The first kappa shape index (κ1) is 19.8. The molecule has 0 bridgehead atoms. The van der Waals surface area contributed by atoms with Gasteiger partial charge in [-0.1, -0.05) is 48.0 Å². The molecular weight excluding hydrogens is 390 g/mol. The fourth-order valence-electron chi connectivity index (χ4n) is 5.01. The second-order valence-electron chi connectivity index (χ2n) is 8.50. The third-order valence-electron chi connectivity index (χ3n) is 6.51. The summed E-state index contributed by atoms with van der Waals surface area (Å²) in [7, 11) is 1.65. The van der Waals surface area contributed by atoms with E-state index in [9.17, 15) is 9.59 Å². The monoisotopic (exact) mass is 417 g/mol. The van der Waals surface area contributed by atoms with Crippen molar-refractivity contribution in [2.45, 2.75) is 31.8 Å². The topological polar surface area (TPSA) is 65.6 Å². The van der Waals surface area contributed by atoms with Crippen molar-refractivity contribution in [1.29, 1.82) is 0 Å². The molecule has 5 rings (SSSR count). The van der Waals surface area contributed by atoms with Crippen molar-refractivity contribution in [3.63, 3.8) is 0 Å². The Hall–Kier alpha value is -3.12. The Balaban J connectivity index is 1.61. The molecule has 2 aromatic carbocycles. The maximum Gasteiger partial charge on any atom is 0.246 e. The normalized spacial score (nSPS) is 20.8. The molecule has 1 N–H and O–H groups in total. The van der Waals surface area contributed by atoms with Gasteiger partial charge in [-0.2, -0.15) is 0 Å². The first-order chi connectivity index (χ1) is 15.1. The first-order valence-electron chi connectivity index (χ1n) is 10.8. The van der Waals surface area contributed by atoms with Gasteiger partial charge in [0.15, 0.2) is 0 Å². The lowest BCUT2D eigenvalue weighted by Crippen LogP contribution is -2.63. The number of carbonyl (C=O) groups is 2. The van der Waals surface area contributed by atoms with E-state index in [1.807, 2.05) is 17.0 Å². The third-order valence-corrected chi connectivity index (χ3v) is 6.51. The summed E-state index contributed by atoms with van der Waals surface area (Å²) in [6.45, 7) is 3.29. The van der Waals surface area contributed by atoms with Crippen molar-refractivity contribution in [2.75, 3.05) is 26.8 Å². The summed E-state index contributed by atoms with van der Waals surface area (Å²) in [5.74, 6) is 0.0284. The highest BCUT2D eigenvalue weighted by atomic mass is 16.5. The zero-order valence-electron chi connectivity index (χ0n) is 17.9. The van der Waals surface area contributed by atoms with Crippen LogP contribution in [-0.2, 0) is 20.7 Å². The lowest BCUT2D eigenvalue weighted by atomic mass is 9.86. The molecule has 2 unspecified atom stereocenters. The Bertz CT molecular complexity index is 1130. The molecule has 31 heavy (non-hydrogen) atoms. The molecular formula is C25H27N3O3. The van der Waals surface area contributed by atoms with Crippen LogP contribution in [0.2, 0.25) is 0 Å². The van der Waals surface area contributed by atoms with E-state index in [-0.39, 0.29) is 24.4 Å². The fraction of sp³-hybridized carbons (Fsp3) is 0.360. The molecule has 0 spiro atoms. The Kier molecular flexibility index (Phi) is 5.02. The SMILES string of the molecule is COCCCN1CC(=O)N2C(Cc3c([nH]c4ccccc34)C2c2ccc(C)cc2)C1=O. The predicted molar refractivity (Wildman–Crippen MR) is 119 cm³/mol. The molecule has 160 valence electrons. The maximum absolute atomic E-state index is 13.5. The zero-order valence-corrected chi connectivity index (χ0v) is 17.9. The number of aromatic amines is 1. The van der Waals surface area contributed by atoms with Crippen LogP contribution in [0.25, 0.3) is 10.9 Å². The number of para-hydroxylation sites is 1. The summed E-state index contributed by atoms with van der Waals surface area (Å²) in [5, 5.41) is 1.13. The van der Waals surface area contributed by atoms with Crippen molar-refractivity contribution in [2.24, 2.45) is 0 Å². The van der Waals surface area contributed by atoms with Gasteiger partial charge in [-0.25, -0.2) is 0 Å². The number of hydrogen-bond donors (Lipinski definition) is 1. The van der Waals surface area contributed by atoms with Gasteiger partial charge >= 0.3 is 0 Å². The van der Waals surface area contributed by atoms with Crippen LogP contribution in [0.4, 0.5) is 0 Å². The summed E-state index contributed by atoms with van der Waals surface area (Å²) in [6.07, 6.45) is 1.26. The van der Waals surface area contributed by atoms with Crippen LogP contribution in [0.3, 0.4) is 0 Å². The van der Waals surface area contributed by atoms with E-state index < -0.39 is 6.04 Å². The van der Waals surface area contributed by atoms with E-state index in [1.165, 1.54) is 5.56 Å². The van der Waals surface area contributed by atoms with Crippen molar-refractivity contribution in [1.82, 2.24) is 14.8 Å². The summed E-state index contributed by atoms with van der Waals surface area (Å²) in [6, 6.07) is 15.7. The second kappa shape index (κ2) is 7.85. The van der Waals surface area contributed by atoms with Gasteiger partial charge in [-0.15, -0.1) is 0 Å². The van der Waals surface area contributed by atoms with Crippen molar-refractivity contribution in [3.8, 4) is 0 Å². The van der Waals surface area contributed by atoms with E-state index in [2.05, 4.69) is 48.3 Å². The molecule has 1 fully saturated rings. The van der Waals surface area contributed by atoms with E-state index >= 15 is 0 Å². The molecule has 6 nitrogen and oxygen atoms in total. The summed E-state index contributed by atoms with van der Waals surface area (Å²) < 4.78 is 5.13. The fourth-order valence-corrected chi connectivity index (χ4v) is 5.01. The van der Waals surface area contributed by atoms with E-state index in [0.717, 1.165) is 34.1 Å². The largest absolute Gasteiger partial charge is 0.385 e. The Morgan fingerprint density at radius 1 is 1.10 bits per heavy atom. The van der Waals surface area contributed by atoms with Crippen LogP contribution in [0.15, 0.2) is 48.5 Å². The van der Waals surface area contributed by atoms with Gasteiger partial charge in [0.2, 0.25) is 11.8 Å². The maximum atomic E-state index is 13.5. The number of hydrogen-bond acceptors (Lipinski definition) is 3. The number of methoxy groups -OCH3 is 1. The van der Waals surface area contributed by atoms with Gasteiger partial charge in [0.25, 0.3) is 0 Å². The summed E-state index contributed by atoms with van der Waals surface area (Å²) in [4.78, 5) is 33.9. The highest BCUT2D eigenvalue weighted by Crippen LogP contribution is 2.42. The molecule has 2 aliphatic heterocycles. The number of fused-ring (bicyclic) bond motifs is 4. The molecule has 3 aromatic rings. The molecule has 2 atom stereocenters. The Labute approximate surface area is 181 Å². The van der Waals surface area contributed by atoms with Gasteiger partial charge in [-0.3, -0.25) is 9.59 Å². The van der Waals surface area contributed by atoms with Gasteiger partial charge < -0.3 is 19.5 Å². The molecule has 2 aliphatic rings. The Morgan fingerprint density at radius 3 is 2.65 bits per heavy atom. The molecule has 6 heteroatoms. The number of ether oxygens (including phenoxy) is 1.